The van der Waals surface area contributed by atoms with Crippen molar-refractivity contribution in [1.82, 2.24) is 5.32 Å². The molecular weight excluding hydrogens is 286 g/mol. The summed E-state index contributed by atoms with van der Waals surface area (Å²) in [4.78, 5) is 14.4. The molecule has 0 aliphatic heterocycles. The Balaban J connectivity index is 2.08. The first-order valence-corrected chi connectivity index (χ1v) is 8.21. The number of anilines is 1. The molecule has 1 aromatic carbocycles. The second kappa shape index (κ2) is 7.82. The summed E-state index contributed by atoms with van der Waals surface area (Å²) in [7, 11) is 3.95. The lowest BCUT2D eigenvalue weighted by molar-refractivity contribution is -0.118. The predicted octanol–water partition coefficient (Wildman–Crippen LogP) is 3.35. The fraction of sp³-hybridized carbons (Fsp3) is 0.474. The van der Waals surface area contributed by atoms with Gasteiger partial charge in [0.15, 0.2) is 0 Å². The molecule has 0 aromatic heterocycles. The number of hydrogen-bond donors (Lipinski definition) is 1. The molecule has 0 bridgehead atoms. The number of nitrogens with one attached hydrogen (secondary N) is 1. The summed E-state index contributed by atoms with van der Waals surface area (Å²) in [5.74, 6) is 0.218. The molecule has 1 fully saturated rings. The third-order valence-corrected chi connectivity index (χ3v) is 4.51. The number of amides is 1. The number of hydrogen-bond acceptors (Lipinski definition) is 3. The van der Waals surface area contributed by atoms with Crippen LogP contribution in [0, 0.1) is 17.2 Å². The van der Waals surface area contributed by atoms with Crippen LogP contribution in [-0.4, -0.2) is 26.0 Å². The highest BCUT2D eigenvalue weighted by molar-refractivity contribution is 6.01. The summed E-state index contributed by atoms with van der Waals surface area (Å²) in [5.41, 5.74) is 2.11. The lowest BCUT2D eigenvalue weighted by Crippen LogP contribution is -2.41. The third kappa shape index (κ3) is 4.59. The highest BCUT2D eigenvalue weighted by Crippen LogP contribution is 2.24. The first-order valence-electron chi connectivity index (χ1n) is 8.21. The molecule has 23 heavy (non-hydrogen) atoms. The summed E-state index contributed by atoms with van der Waals surface area (Å²) < 4.78 is 0. The zero-order chi connectivity index (χ0) is 16.8. The van der Waals surface area contributed by atoms with Crippen molar-refractivity contribution < 1.29 is 4.79 Å². The molecule has 1 amide bonds. The molecule has 0 saturated heterocycles. The minimum Gasteiger partial charge on any atom is -0.378 e. The Bertz CT molecular complexity index is 610. The standard InChI is InChI=1S/C19H25N3O/c1-14-6-4-5-7-18(14)21-19(23)16(13-20)12-15-8-10-17(11-9-15)22(2)3/h8-12,14,18H,4-7H2,1-3H3,(H,21,23)/b16-12+/t14-,18-/m1/s1. The van der Waals surface area contributed by atoms with Crippen LogP contribution in [0.25, 0.3) is 6.08 Å². The molecule has 0 radical (unpaired) electrons. The van der Waals surface area contributed by atoms with Gasteiger partial charge in [0, 0.05) is 25.8 Å². The van der Waals surface area contributed by atoms with E-state index in [1.807, 2.05) is 49.3 Å². The van der Waals surface area contributed by atoms with Crippen LogP contribution in [0.3, 0.4) is 0 Å². The average molecular weight is 311 g/mol. The highest BCUT2D eigenvalue weighted by Gasteiger charge is 2.23. The Hall–Kier alpha value is -2.28. The average Bonchev–Trinajstić information content (AvgIpc) is 2.55. The topological polar surface area (TPSA) is 56.1 Å². The van der Waals surface area contributed by atoms with E-state index in [1.165, 1.54) is 6.42 Å². The van der Waals surface area contributed by atoms with Crippen LogP contribution in [0.2, 0.25) is 0 Å². The minimum atomic E-state index is -0.261. The molecular formula is C19H25N3O. The summed E-state index contributed by atoms with van der Waals surface area (Å²) in [6.45, 7) is 2.17. The Morgan fingerprint density at radius 1 is 1.26 bits per heavy atom. The Morgan fingerprint density at radius 2 is 1.91 bits per heavy atom. The summed E-state index contributed by atoms with van der Waals surface area (Å²) in [5, 5.41) is 12.3. The van der Waals surface area contributed by atoms with Gasteiger partial charge in [-0.3, -0.25) is 4.79 Å². The van der Waals surface area contributed by atoms with Gasteiger partial charge in [-0.15, -0.1) is 0 Å². The fourth-order valence-electron chi connectivity index (χ4n) is 2.96. The van der Waals surface area contributed by atoms with Crippen LogP contribution in [0.5, 0.6) is 0 Å². The van der Waals surface area contributed by atoms with Gasteiger partial charge in [0.2, 0.25) is 0 Å². The summed E-state index contributed by atoms with van der Waals surface area (Å²) >= 11 is 0. The van der Waals surface area contributed by atoms with Crippen molar-refractivity contribution in [2.75, 3.05) is 19.0 Å². The van der Waals surface area contributed by atoms with Crippen molar-refractivity contribution in [1.29, 1.82) is 5.26 Å². The van der Waals surface area contributed by atoms with E-state index in [1.54, 1.807) is 6.08 Å². The van der Waals surface area contributed by atoms with Crippen molar-refractivity contribution in [2.45, 2.75) is 38.6 Å². The van der Waals surface area contributed by atoms with E-state index in [9.17, 15) is 10.1 Å². The summed E-state index contributed by atoms with van der Waals surface area (Å²) in [6.07, 6.45) is 6.17. The molecule has 122 valence electrons. The van der Waals surface area contributed by atoms with Crippen LogP contribution in [0.15, 0.2) is 29.8 Å². The smallest absolute Gasteiger partial charge is 0.262 e. The number of nitrogens with zero attached hydrogens (tertiary/aromatic N) is 2. The maximum atomic E-state index is 12.4. The van der Waals surface area contributed by atoms with Crippen molar-refractivity contribution in [3.05, 3.63) is 35.4 Å². The molecule has 0 unspecified atom stereocenters. The lowest BCUT2D eigenvalue weighted by Gasteiger charge is -2.29. The summed E-state index contributed by atoms with van der Waals surface area (Å²) in [6, 6.07) is 10.0. The van der Waals surface area contributed by atoms with Gasteiger partial charge in [0.25, 0.3) is 5.91 Å². The van der Waals surface area contributed by atoms with Crippen LogP contribution < -0.4 is 10.2 Å². The maximum absolute atomic E-state index is 12.4. The Labute approximate surface area is 138 Å². The highest BCUT2D eigenvalue weighted by atomic mass is 16.1. The number of carbonyl (C=O) groups is 1. The van der Waals surface area contributed by atoms with Crippen LogP contribution in [0.4, 0.5) is 5.69 Å². The van der Waals surface area contributed by atoms with Crippen LogP contribution >= 0.6 is 0 Å². The monoisotopic (exact) mass is 311 g/mol. The zero-order valence-electron chi connectivity index (χ0n) is 14.2. The molecule has 0 spiro atoms. The molecule has 2 rings (SSSR count). The molecule has 2 atom stereocenters. The third-order valence-electron chi connectivity index (χ3n) is 4.51. The van der Waals surface area contributed by atoms with Gasteiger partial charge in [0.05, 0.1) is 0 Å². The van der Waals surface area contributed by atoms with Gasteiger partial charge in [0.1, 0.15) is 11.6 Å². The van der Waals surface area contributed by atoms with E-state index < -0.39 is 0 Å². The maximum Gasteiger partial charge on any atom is 0.262 e. The largest absolute Gasteiger partial charge is 0.378 e. The number of nitriles is 1. The SMILES string of the molecule is C[C@@H]1CCCC[C@H]1NC(=O)/C(C#N)=C/c1ccc(N(C)C)cc1. The Morgan fingerprint density at radius 3 is 2.48 bits per heavy atom. The van der Waals surface area contributed by atoms with Gasteiger partial charge >= 0.3 is 0 Å². The first kappa shape index (κ1) is 17.1. The molecule has 1 aliphatic rings. The van der Waals surface area contributed by atoms with E-state index >= 15 is 0 Å². The van der Waals surface area contributed by atoms with E-state index in [0.29, 0.717) is 5.92 Å². The molecule has 4 nitrogen and oxygen atoms in total. The number of rotatable bonds is 4. The molecule has 1 aliphatic carbocycles. The van der Waals surface area contributed by atoms with Crippen molar-refractivity contribution in [3.63, 3.8) is 0 Å². The van der Waals surface area contributed by atoms with Gasteiger partial charge < -0.3 is 10.2 Å². The zero-order valence-corrected chi connectivity index (χ0v) is 14.2. The van der Waals surface area contributed by atoms with E-state index in [4.69, 9.17) is 0 Å². The van der Waals surface area contributed by atoms with Crippen molar-refractivity contribution in [3.8, 4) is 6.07 Å². The Kier molecular flexibility index (Phi) is 5.81. The molecule has 1 aromatic rings. The molecule has 1 saturated carbocycles. The van der Waals surface area contributed by atoms with Crippen LogP contribution in [0.1, 0.15) is 38.2 Å². The number of benzene rings is 1. The van der Waals surface area contributed by atoms with Crippen LogP contribution in [-0.2, 0) is 4.79 Å². The van der Waals surface area contributed by atoms with Gasteiger partial charge in [-0.05, 0) is 42.5 Å². The predicted molar refractivity (Wildman–Crippen MR) is 93.9 cm³/mol. The lowest BCUT2D eigenvalue weighted by atomic mass is 9.86. The second-order valence-corrected chi connectivity index (χ2v) is 6.50. The van der Waals surface area contributed by atoms with Gasteiger partial charge in [-0.2, -0.15) is 5.26 Å². The normalized spacial score (nSPS) is 21.4. The van der Waals surface area contributed by atoms with Gasteiger partial charge in [-0.1, -0.05) is 31.9 Å². The molecule has 4 heteroatoms. The quantitative estimate of drug-likeness (QED) is 0.685. The van der Waals surface area contributed by atoms with E-state index in [0.717, 1.165) is 30.5 Å². The van der Waals surface area contributed by atoms with Crippen molar-refractivity contribution >= 4 is 17.7 Å². The van der Waals surface area contributed by atoms with E-state index in [2.05, 4.69) is 12.2 Å². The first-order chi connectivity index (χ1) is 11.0. The van der Waals surface area contributed by atoms with Crippen molar-refractivity contribution in [2.24, 2.45) is 5.92 Å². The molecule has 1 N–H and O–H groups in total. The molecule has 0 heterocycles. The number of carbonyl (C=O) groups excluding carboxylic acids is 1. The second-order valence-electron chi connectivity index (χ2n) is 6.50. The minimum absolute atomic E-state index is 0.167. The van der Waals surface area contributed by atoms with E-state index in [-0.39, 0.29) is 17.5 Å². The van der Waals surface area contributed by atoms with Gasteiger partial charge in [-0.25, -0.2) is 0 Å². The fourth-order valence-corrected chi connectivity index (χ4v) is 2.96.